The van der Waals surface area contributed by atoms with E-state index in [0.29, 0.717) is 0 Å². The highest BCUT2D eigenvalue weighted by Crippen LogP contribution is 1.58. The van der Waals surface area contributed by atoms with Gasteiger partial charge in [-0.2, -0.15) is 0 Å². The molecular formula is C4H10ClN3O2. The molecule has 0 aromatic carbocycles. The predicted molar refractivity (Wildman–Crippen MR) is 39.7 cm³/mol. The molecule has 0 aromatic heterocycles. The second kappa shape index (κ2) is 6.15. The fourth-order valence-corrected chi connectivity index (χ4v) is 0.252. The summed E-state index contributed by atoms with van der Waals surface area (Å²) in [5, 5.41) is 19.6. The molecule has 0 heterocycles. The molecule has 0 aliphatic heterocycles. The first-order chi connectivity index (χ1) is 4.16. The lowest BCUT2D eigenvalue weighted by Gasteiger charge is -2.01. The highest BCUT2D eigenvalue weighted by atomic mass is 35.5. The van der Waals surface area contributed by atoms with Crippen molar-refractivity contribution < 1.29 is 9.90 Å². The average Bonchev–Trinajstić information content (AvgIpc) is 1.83. The summed E-state index contributed by atoms with van der Waals surface area (Å²) in [7, 11) is 1.54. The molecule has 10 heavy (non-hydrogen) atoms. The van der Waals surface area contributed by atoms with Crippen LogP contribution in [0, 0.1) is 5.41 Å². The van der Waals surface area contributed by atoms with Crippen LogP contribution < -0.4 is 10.6 Å². The molecule has 0 rings (SSSR count). The Morgan fingerprint density at radius 1 is 1.70 bits per heavy atom. The number of rotatable bonds is 2. The van der Waals surface area contributed by atoms with E-state index in [0.717, 1.165) is 0 Å². The number of carboxylic acid groups (broad SMARTS) is 1. The number of hydrogen-bond acceptors (Lipinski definition) is 2. The van der Waals surface area contributed by atoms with E-state index in [-0.39, 0.29) is 24.9 Å². The predicted octanol–water partition coefficient (Wildman–Crippen LogP) is -0.763. The molecular weight excluding hydrogens is 158 g/mol. The van der Waals surface area contributed by atoms with E-state index in [9.17, 15) is 4.79 Å². The van der Waals surface area contributed by atoms with Crippen molar-refractivity contribution in [2.75, 3.05) is 13.6 Å². The smallest absolute Gasteiger partial charge is 0.322 e. The van der Waals surface area contributed by atoms with Gasteiger partial charge >= 0.3 is 5.97 Å². The third-order valence-electron chi connectivity index (χ3n) is 0.666. The lowest BCUT2D eigenvalue weighted by Crippen LogP contribution is -2.36. The van der Waals surface area contributed by atoms with Gasteiger partial charge in [0.05, 0.1) is 0 Å². The van der Waals surface area contributed by atoms with E-state index in [4.69, 9.17) is 10.5 Å². The summed E-state index contributed by atoms with van der Waals surface area (Å²) < 4.78 is 0. The highest BCUT2D eigenvalue weighted by Gasteiger charge is 1.94. The molecule has 0 bridgehead atoms. The van der Waals surface area contributed by atoms with E-state index in [1.165, 1.54) is 7.05 Å². The maximum absolute atomic E-state index is 9.83. The fraction of sp³-hybridized carbons (Fsp3) is 0.500. The first kappa shape index (κ1) is 11.8. The second-order valence-electron chi connectivity index (χ2n) is 1.37. The summed E-state index contributed by atoms with van der Waals surface area (Å²) in [5.74, 6) is -0.965. The average molecular weight is 168 g/mol. The molecule has 0 amide bonds. The molecule has 0 aliphatic rings. The summed E-state index contributed by atoms with van der Waals surface area (Å²) in [6.45, 7) is -0.223. The number of halogens is 1. The zero-order chi connectivity index (χ0) is 7.28. The molecule has 60 valence electrons. The second-order valence-corrected chi connectivity index (χ2v) is 1.37. The van der Waals surface area contributed by atoms with Gasteiger partial charge in [-0.05, 0) is 0 Å². The van der Waals surface area contributed by atoms with Gasteiger partial charge in [-0.3, -0.25) is 10.2 Å². The molecule has 0 atom stereocenters. The first-order valence-corrected chi connectivity index (χ1v) is 2.38. The Balaban J connectivity index is 0. The van der Waals surface area contributed by atoms with Gasteiger partial charge in [0.25, 0.3) is 0 Å². The van der Waals surface area contributed by atoms with Crippen LogP contribution in [-0.4, -0.2) is 30.6 Å². The van der Waals surface area contributed by atoms with Crippen LogP contribution in [0.2, 0.25) is 0 Å². The van der Waals surface area contributed by atoms with Gasteiger partial charge in [0.2, 0.25) is 0 Å². The molecule has 4 N–H and O–H groups in total. The van der Waals surface area contributed by atoms with Crippen molar-refractivity contribution in [3.8, 4) is 0 Å². The standard InChI is InChI=1S/C4H9N3O2.ClH/c1-6-4(5)7-2-3(8)9;/h2H2,1H3,(H,8,9)(H3,5,6,7);1H. The minimum atomic E-state index is -0.977. The van der Waals surface area contributed by atoms with Crippen molar-refractivity contribution in [2.45, 2.75) is 0 Å². The van der Waals surface area contributed by atoms with Gasteiger partial charge < -0.3 is 15.7 Å². The number of nitrogens with one attached hydrogen (secondary N) is 3. The largest absolute Gasteiger partial charge is 0.480 e. The topological polar surface area (TPSA) is 85.2 Å². The van der Waals surface area contributed by atoms with Gasteiger partial charge in [-0.15, -0.1) is 12.4 Å². The van der Waals surface area contributed by atoms with Gasteiger partial charge in [-0.25, -0.2) is 0 Å². The summed E-state index contributed by atoms with van der Waals surface area (Å²) in [6.07, 6.45) is 0. The number of carboxylic acids is 1. The van der Waals surface area contributed by atoms with E-state index in [1.807, 2.05) is 0 Å². The number of aliphatic carboxylic acids is 1. The fourth-order valence-electron chi connectivity index (χ4n) is 0.252. The van der Waals surface area contributed by atoms with Crippen molar-refractivity contribution >= 4 is 24.3 Å². The molecule has 0 fully saturated rings. The van der Waals surface area contributed by atoms with E-state index in [1.54, 1.807) is 0 Å². The molecule has 6 heteroatoms. The monoisotopic (exact) mass is 167 g/mol. The molecule has 0 unspecified atom stereocenters. The Morgan fingerprint density at radius 3 is 2.50 bits per heavy atom. The van der Waals surface area contributed by atoms with Crippen LogP contribution in [0.25, 0.3) is 0 Å². The van der Waals surface area contributed by atoms with E-state index < -0.39 is 5.97 Å². The van der Waals surface area contributed by atoms with Gasteiger partial charge in [-0.1, -0.05) is 0 Å². The van der Waals surface area contributed by atoms with Crippen LogP contribution in [0.4, 0.5) is 0 Å². The van der Waals surface area contributed by atoms with Crippen LogP contribution in [0.3, 0.4) is 0 Å². The summed E-state index contributed by atoms with van der Waals surface area (Å²) in [5.41, 5.74) is 0. The zero-order valence-corrected chi connectivity index (χ0v) is 6.29. The Kier molecular flexibility index (Phi) is 7.25. The molecule has 0 spiro atoms. The number of guanidine groups is 1. The van der Waals surface area contributed by atoms with E-state index in [2.05, 4.69) is 10.6 Å². The van der Waals surface area contributed by atoms with Crippen LogP contribution in [0.5, 0.6) is 0 Å². The van der Waals surface area contributed by atoms with Gasteiger partial charge in [0.15, 0.2) is 5.96 Å². The normalized spacial score (nSPS) is 7.30. The van der Waals surface area contributed by atoms with Crippen molar-refractivity contribution in [1.29, 1.82) is 5.41 Å². The lowest BCUT2D eigenvalue weighted by molar-refractivity contribution is -0.135. The van der Waals surface area contributed by atoms with Crippen molar-refractivity contribution in [3.05, 3.63) is 0 Å². The van der Waals surface area contributed by atoms with Crippen molar-refractivity contribution in [2.24, 2.45) is 0 Å². The minimum absolute atomic E-state index is 0. The Bertz CT molecular complexity index is 128. The molecule has 0 radical (unpaired) electrons. The highest BCUT2D eigenvalue weighted by molar-refractivity contribution is 5.85. The Morgan fingerprint density at radius 2 is 2.20 bits per heavy atom. The van der Waals surface area contributed by atoms with Crippen molar-refractivity contribution in [1.82, 2.24) is 10.6 Å². The van der Waals surface area contributed by atoms with Crippen LogP contribution >= 0.6 is 12.4 Å². The third kappa shape index (κ3) is 7.03. The third-order valence-corrected chi connectivity index (χ3v) is 0.666. The van der Waals surface area contributed by atoms with E-state index >= 15 is 0 Å². The van der Waals surface area contributed by atoms with Gasteiger partial charge in [0.1, 0.15) is 6.54 Å². The SMILES string of the molecule is CNC(=N)NCC(=O)O.Cl. The minimum Gasteiger partial charge on any atom is -0.480 e. The van der Waals surface area contributed by atoms with Crippen LogP contribution in [0.15, 0.2) is 0 Å². The molecule has 0 saturated heterocycles. The summed E-state index contributed by atoms with van der Waals surface area (Å²) >= 11 is 0. The van der Waals surface area contributed by atoms with Crippen LogP contribution in [-0.2, 0) is 4.79 Å². The molecule has 0 aromatic rings. The number of hydrogen-bond donors (Lipinski definition) is 4. The Labute approximate surface area is 64.7 Å². The first-order valence-electron chi connectivity index (χ1n) is 2.38. The van der Waals surface area contributed by atoms with Crippen molar-refractivity contribution in [3.63, 3.8) is 0 Å². The Hall–Kier alpha value is -0.970. The number of carbonyl (C=O) groups is 1. The quantitative estimate of drug-likeness (QED) is 0.322. The maximum atomic E-state index is 9.83. The summed E-state index contributed by atoms with van der Waals surface area (Å²) in [4.78, 5) is 9.83. The zero-order valence-electron chi connectivity index (χ0n) is 5.47. The summed E-state index contributed by atoms with van der Waals surface area (Å²) in [6, 6.07) is 0. The lowest BCUT2D eigenvalue weighted by atomic mass is 10.6. The van der Waals surface area contributed by atoms with Gasteiger partial charge in [0, 0.05) is 7.05 Å². The maximum Gasteiger partial charge on any atom is 0.322 e. The molecule has 0 saturated carbocycles. The molecule has 0 aliphatic carbocycles. The van der Waals surface area contributed by atoms with Crippen LogP contribution in [0.1, 0.15) is 0 Å². The molecule has 5 nitrogen and oxygen atoms in total.